The summed E-state index contributed by atoms with van der Waals surface area (Å²) in [6, 6.07) is 16.2. The first-order valence-corrected chi connectivity index (χ1v) is 9.84. The standard InChI is InChI=1S/C25H20O8/c1-28-15-7-9-16(10-8-15)32-22-14-31-21-13-17(11-12-18(21)24(22)26)33-25(27)23-19(29-2)5-4-6-20(23)30-3/h4-14H,1-3H3. The maximum Gasteiger partial charge on any atom is 0.351 e. The molecule has 0 radical (unpaired) electrons. The van der Waals surface area contributed by atoms with Crippen molar-refractivity contribution in [3.05, 3.63) is 82.7 Å². The van der Waals surface area contributed by atoms with Gasteiger partial charge in [-0.2, -0.15) is 0 Å². The van der Waals surface area contributed by atoms with Crippen molar-refractivity contribution in [3.63, 3.8) is 0 Å². The number of hydrogen-bond acceptors (Lipinski definition) is 8. The summed E-state index contributed by atoms with van der Waals surface area (Å²) in [7, 11) is 4.45. The minimum atomic E-state index is -0.676. The zero-order valence-corrected chi connectivity index (χ0v) is 18.1. The number of hydrogen-bond donors (Lipinski definition) is 0. The van der Waals surface area contributed by atoms with Gasteiger partial charge in [0.25, 0.3) is 0 Å². The summed E-state index contributed by atoms with van der Waals surface area (Å²) in [6.07, 6.45) is 1.21. The van der Waals surface area contributed by atoms with Crippen molar-refractivity contribution < 1.29 is 32.9 Å². The van der Waals surface area contributed by atoms with Crippen molar-refractivity contribution in [1.82, 2.24) is 0 Å². The Morgan fingerprint density at radius 3 is 2.03 bits per heavy atom. The molecule has 0 saturated carbocycles. The van der Waals surface area contributed by atoms with Crippen LogP contribution in [0.4, 0.5) is 0 Å². The van der Waals surface area contributed by atoms with Gasteiger partial charge in [0.2, 0.25) is 11.2 Å². The molecule has 4 aromatic rings. The van der Waals surface area contributed by atoms with E-state index in [9.17, 15) is 9.59 Å². The number of benzene rings is 3. The quantitative estimate of drug-likeness (QED) is 0.293. The summed E-state index contributed by atoms with van der Waals surface area (Å²) in [5, 5.41) is 0.274. The number of carbonyl (C=O) groups excluding carboxylic acids is 1. The average molecular weight is 448 g/mol. The summed E-state index contributed by atoms with van der Waals surface area (Å²) in [5.74, 6) is 1.28. The highest BCUT2D eigenvalue weighted by Crippen LogP contribution is 2.30. The Bertz CT molecular complexity index is 1330. The third-order valence-electron chi connectivity index (χ3n) is 4.84. The highest BCUT2D eigenvalue weighted by atomic mass is 16.5. The van der Waals surface area contributed by atoms with E-state index < -0.39 is 5.97 Å². The smallest absolute Gasteiger partial charge is 0.351 e. The first kappa shape index (κ1) is 21.8. The molecular formula is C25H20O8. The van der Waals surface area contributed by atoms with Crippen LogP contribution in [0.3, 0.4) is 0 Å². The van der Waals surface area contributed by atoms with Gasteiger partial charge < -0.3 is 28.1 Å². The van der Waals surface area contributed by atoms with Crippen molar-refractivity contribution in [1.29, 1.82) is 0 Å². The van der Waals surface area contributed by atoms with E-state index in [1.807, 2.05) is 0 Å². The molecule has 0 unspecified atom stereocenters. The minimum Gasteiger partial charge on any atom is -0.497 e. The Kier molecular flexibility index (Phi) is 6.17. The number of carbonyl (C=O) groups is 1. The van der Waals surface area contributed by atoms with E-state index in [4.69, 9.17) is 28.1 Å². The maximum atomic E-state index is 12.8. The van der Waals surface area contributed by atoms with Crippen molar-refractivity contribution >= 4 is 16.9 Å². The minimum absolute atomic E-state index is 0.0242. The Labute approximate surface area is 188 Å². The number of methoxy groups -OCH3 is 3. The van der Waals surface area contributed by atoms with Gasteiger partial charge >= 0.3 is 5.97 Å². The van der Waals surface area contributed by atoms with Gasteiger partial charge in [-0.3, -0.25) is 4.79 Å². The molecule has 0 aliphatic carbocycles. The van der Waals surface area contributed by atoms with Gasteiger partial charge in [-0.15, -0.1) is 0 Å². The molecule has 1 aromatic heterocycles. The maximum absolute atomic E-state index is 12.8. The fourth-order valence-corrected chi connectivity index (χ4v) is 3.21. The van der Waals surface area contributed by atoms with Gasteiger partial charge in [0.15, 0.2) is 0 Å². The molecule has 8 heteroatoms. The van der Waals surface area contributed by atoms with E-state index in [-0.39, 0.29) is 33.5 Å². The van der Waals surface area contributed by atoms with Crippen LogP contribution in [0.2, 0.25) is 0 Å². The van der Waals surface area contributed by atoms with E-state index >= 15 is 0 Å². The SMILES string of the molecule is COc1ccc(Oc2coc3cc(OC(=O)c4c(OC)cccc4OC)ccc3c2=O)cc1. The second-order valence-corrected chi connectivity index (χ2v) is 6.79. The molecule has 3 aromatic carbocycles. The second-order valence-electron chi connectivity index (χ2n) is 6.79. The Hall–Kier alpha value is -4.46. The lowest BCUT2D eigenvalue weighted by Gasteiger charge is -2.12. The van der Waals surface area contributed by atoms with E-state index in [2.05, 4.69) is 0 Å². The summed E-state index contributed by atoms with van der Waals surface area (Å²) < 4.78 is 32.3. The predicted octanol–water partition coefficient (Wildman–Crippen LogP) is 4.83. The fourth-order valence-electron chi connectivity index (χ4n) is 3.21. The summed E-state index contributed by atoms with van der Waals surface area (Å²) in [6.45, 7) is 0. The van der Waals surface area contributed by atoms with Gasteiger partial charge in [-0.05, 0) is 48.5 Å². The summed E-state index contributed by atoms with van der Waals surface area (Å²) in [5.41, 5.74) is 0.0167. The van der Waals surface area contributed by atoms with Crippen molar-refractivity contribution in [2.24, 2.45) is 0 Å². The second kappa shape index (κ2) is 9.35. The van der Waals surface area contributed by atoms with Crippen molar-refractivity contribution in [3.8, 4) is 34.5 Å². The van der Waals surface area contributed by atoms with Gasteiger partial charge in [-0.25, -0.2) is 4.79 Å². The fraction of sp³-hybridized carbons (Fsp3) is 0.120. The molecule has 4 rings (SSSR count). The average Bonchev–Trinajstić information content (AvgIpc) is 2.85. The molecule has 168 valence electrons. The van der Waals surface area contributed by atoms with Crippen LogP contribution in [-0.4, -0.2) is 27.3 Å². The van der Waals surface area contributed by atoms with E-state index in [1.54, 1.807) is 49.6 Å². The van der Waals surface area contributed by atoms with Crippen LogP contribution in [0, 0.1) is 0 Å². The number of rotatable bonds is 7. The van der Waals surface area contributed by atoms with Crippen molar-refractivity contribution in [2.45, 2.75) is 0 Å². The molecule has 0 fully saturated rings. The molecule has 0 aliphatic rings. The number of esters is 1. The van der Waals surface area contributed by atoms with Crippen LogP contribution in [-0.2, 0) is 0 Å². The van der Waals surface area contributed by atoms with Gasteiger partial charge in [0.1, 0.15) is 46.2 Å². The molecule has 0 spiro atoms. The molecule has 33 heavy (non-hydrogen) atoms. The van der Waals surface area contributed by atoms with Gasteiger partial charge in [-0.1, -0.05) is 6.07 Å². The topological polar surface area (TPSA) is 93.4 Å². The Morgan fingerprint density at radius 1 is 0.758 bits per heavy atom. The Morgan fingerprint density at radius 2 is 1.39 bits per heavy atom. The molecule has 0 N–H and O–H groups in total. The molecular weight excluding hydrogens is 428 g/mol. The Balaban J connectivity index is 1.60. The van der Waals surface area contributed by atoms with Crippen LogP contribution in [0.5, 0.6) is 34.5 Å². The van der Waals surface area contributed by atoms with Crippen LogP contribution >= 0.6 is 0 Å². The predicted molar refractivity (Wildman–Crippen MR) is 120 cm³/mol. The summed E-state index contributed by atoms with van der Waals surface area (Å²) >= 11 is 0. The first-order chi connectivity index (χ1) is 16.0. The summed E-state index contributed by atoms with van der Waals surface area (Å²) in [4.78, 5) is 25.6. The van der Waals surface area contributed by atoms with E-state index in [0.29, 0.717) is 23.0 Å². The zero-order chi connectivity index (χ0) is 23.4. The highest BCUT2D eigenvalue weighted by molar-refractivity contribution is 5.97. The number of ether oxygens (including phenoxy) is 5. The van der Waals surface area contributed by atoms with E-state index in [1.165, 1.54) is 38.7 Å². The lowest BCUT2D eigenvalue weighted by atomic mass is 10.1. The van der Waals surface area contributed by atoms with E-state index in [0.717, 1.165) is 0 Å². The number of fused-ring (bicyclic) bond motifs is 1. The third-order valence-corrected chi connectivity index (χ3v) is 4.84. The van der Waals surface area contributed by atoms with Crippen LogP contribution < -0.4 is 29.1 Å². The van der Waals surface area contributed by atoms with Gasteiger partial charge in [0.05, 0.1) is 26.7 Å². The monoisotopic (exact) mass is 448 g/mol. The molecule has 0 amide bonds. The zero-order valence-electron chi connectivity index (χ0n) is 18.1. The first-order valence-electron chi connectivity index (χ1n) is 9.84. The van der Waals surface area contributed by atoms with Crippen LogP contribution in [0.25, 0.3) is 11.0 Å². The van der Waals surface area contributed by atoms with Crippen LogP contribution in [0.15, 0.2) is 76.1 Å². The van der Waals surface area contributed by atoms with Crippen molar-refractivity contribution in [2.75, 3.05) is 21.3 Å². The normalized spacial score (nSPS) is 10.5. The molecule has 0 saturated heterocycles. The lowest BCUT2D eigenvalue weighted by Crippen LogP contribution is -2.12. The molecule has 0 atom stereocenters. The van der Waals surface area contributed by atoms with Crippen LogP contribution in [0.1, 0.15) is 10.4 Å². The van der Waals surface area contributed by atoms with Gasteiger partial charge in [0, 0.05) is 6.07 Å². The third kappa shape index (κ3) is 4.45. The molecule has 0 bridgehead atoms. The lowest BCUT2D eigenvalue weighted by molar-refractivity contribution is 0.0727. The molecule has 8 nitrogen and oxygen atoms in total. The molecule has 0 aliphatic heterocycles. The highest BCUT2D eigenvalue weighted by Gasteiger charge is 2.21. The molecule has 1 heterocycles. The largest absolute Gasteiger partial charge is 0.497 e.